The van der Waals surface area contributed by atoms with Gasteiger partial charge >= 0.3 is 12.1 Å². The minimum absolute atomic E-state index is 0.0242. The van der Waals surface area contributed by atoms with Crippen molar-refractivity contribution in [2.75, 3.05) is 7.11 Å². The second-order valence-electron chi connectivity index (χ2n) is 5.60. The minimum atomic E-state index is -4.89. The summed E-state index contributed by atoms with van der Waals surface area (Å²) in [4.78, 5) is 22.4. The van der Waals surface area contributed by atoms with Crippen LogP contribution in [-0.4, -0.2) is 18.0 Å². The van der Waals surface area contributed by atoms with Crippen LogP contribution in [0.1, 0.15) is 22.3 Å². The van der Waals surface area contributed by atoms with Gasteiger partial charge in [-0.2, -0.15) is 13.2 Å². The Balaban J connectivity index is 2.88. The monoisotopic (exact) mass is 405 g/mol. The van der Waals surface area contributed by atoms with Gasteiger partial charge in [0.1, 0.15) is 0 Å². The van der Waals surface area contributed by atoms with E-state index in [1.165, 1.54) is 19.1 Å². The Bertz CT molecular complexity index is 916. The predicted octanol–water partition coefficient (Wildman–Crippen LogP) is 4.96. The first-order chi connectivity index (χ1) is 12.4. The molecule has 1 unspecified atom stereocenters. The number of hydrogen-bond acceptors (Lipinski definition) is 4. The highest BCUT2D eigenvalue weighted by Crippen LogP contribution is 2.44. The zero-order chi connectivity index (χ0) is 20.6. The fourth-order valence-corrected chi connectivity index (χ4v) is 2.79. The van der Waals surface area contributed by atoms with Gasteiger partial charge in [0.2, 0.25) is 0 Å². The SMILES string of the molecule is COC(=O)C(F)(c1cc(Cl)ccc1C)c1ccc(C(F)(F)F)cc1[N+](=O)[O-]. The molecule has 0 aromatic heterocycles. The van der Waals surface area contributed by atoms with Gasteiger partial charge in [-0.3, -0.25) is 10.1 Å². The number of carbonyl (C=O) groups is 1. The highest BCUT2D eigenvalue weighted by molar-refractivity contribution is 6.30. The molecule has 27 heavy (non-hydrogen) atoms. The molecule has 0 N–H and O–H groups in total. The van der Waals surface area contributed by atoms with Crippen molar-refractivity contribution in [1.29, 1.82) is 0 Å². The van der Waals surface area contributed by atoms with E-state index in [1.54, 1.807) is 0 Å². The first kappa shape index (κ1) is 20.6. The molecule has 0 spiro atoms. The van der Waals surface area contributed by atoms with Crippen molar-refractivity contribution < 1.29 is 32.0 Å². The molecule has 0 bridgehead atoms. The van der Waals surface area contributed by atoms with Crippen LogP contribution in [0.2, 0.25) is 5.02 Å². The Morgan fingerprint density at radius 2 is 1.74 bits per heavy atom. The summed E-state index contributed by atoms with van der Waals surface area (Å²) >= 11 is 5.84. The van der Waals surface area contributed by atoms with Crippen LogP contribution in [0.15, 0.2) is 36.4 Å². The third-order valence-corrected chi connectivity index (χ3v) is 4.17. The molecule has 0 saturated carbocycles. The van der Waals surface area contributed by atoms with Crippen LogP contribution in [-0.2, 0) is 21.4 Å². The van der Waals surface area contributed by atoms with Crippen molar-refractivity contribution in [2.24, 2.45) is 0 Å². The molecule has 0 radical (unpaired) electrons. The summed E-state index contributed by atoms with van der Waals surface area (Å²) in [5, 5.41) is 11.4. The lowest BCUT2D eigenvalue weighted by Crippen LogP contribution is -2.35. The van der Waals surface area contributed by atoms with Gasteiger partial charge in [0.05, 0.1) is 23.2 Å². The first-order valence-electron chi connectivity index (χ1n) is 7.33. The van der Waals surface area contributed by atoms with Crippen LogP contribution >= 0.6 is 11.6 Å². The second kappa shape index (κ2) is 7.15. The van der Waals surface area contributed by atoms with Gasteiger partial charge in [-0.25, -0.2) is 9.18 Å². The number of carbonyl (C=O) groups excluding carboxylic acids is 1. The number of nitro groups is 1. The number of ether oxygens (including phenoxy) is 1. The summed E-state index contributed by atoms with van der Waals surface area (Å²) in [6, 6.07) is 5.02. The molecule has 1 atom stereocenters. The largest absolute Gasteiger partial charge is 0.466 e. The number of nitrogens with zero attached hydrogens (tertiary/aromatic N) is 1. The number of nitro benzene ring substituents is 1. The van der Waals surface area contributed by atoms with E-state index in [-0.39, 0.29) is 22.2 Å². The van der Waals surface area contributed by atoms with Gasteiger partial charge in [-0.1, -0.05) is 17.7 Å². The lowest BCUT2D eigenvalue weighted by atomic mass is 9.84. The smallest absolute Gasteiger partial charge is 0.416 e. The molecular formula is C17H12ClF4NO4. The van der Waals surface area contributed by atoms with Gasteiger partial charge in [-0.05, 0) is 36.8 Å². The van der Waals surface area contributed by atoms with E-state index in [4.69, 9.17) is 11.6 Å². The molecule has 0 aliphatic rings. The molecule has 10 heteroatoms. The van der Waals surface area contributed by atoms with E-state index in [0.29, 0.717) is 12.1 Å². The third-order valence-electron chi connectivity index (χ3n) is 3.93. The summed E-state index contributed by atoms with van der Waals surface area (Å²) in [7, 11) is 0.854. The summed E-state index contributed by atoms with van der Waals surface area (Å²) in [6.07, 6.45) is -4.89. The summed E-state index contributed by atoms with van der Waals surface area (Å²) in [6.45, 7) is 1.42. The van der Waals surface area contributed by atoms with Gasteiger partial charge in [-0.15, -0.1) is 0 Å². The minimum Gasteiger partial charge on any atom is -0.466 e. The number of halogens is 5. The van der Waals surface area contributed by atoms with E-state index >= 15 is 4.39 Å². The van der Waals surface area contributed by atoms with Crippen molar-refractivity contribution in [1.82, 2.24) is 0 Å². The van der Waals surface area contributed by atoms with Crippen LogP contribution in [0.4, 0.5) is 23.2 Å². The zero-order valence-corrected chi connectivity index (χ0v) is 14.7. The van der Waals surface area contributed by atoms with E-state index in [9.17, 15) is 28.1 Å². The molecule has 0 fully saturated rings. The Labute approximate surface area is 155 Å². The molecule has 0 saturated heterocycles. The van der Waals surface area contributed by atoms with Gasteiger partial charge in [0, 0.05) is 16.7 Å². The van der Waals surface area contributed by atoms with Gasteiger partial charge < -0.3 is 4.74 Å². The van der Waals surface area contributed by atoms with E-state index < -0.39 is 39.6 Å². The van der Waals surface area contributed by atoms with Crippen LogP contribution in [0.25, 0.3) is 0 Å². The number of methoxy groups -OCH3 is 1. The Morgan fingerprint density at radius 3 is 2.26 bits per heavy atom. The highest BCUT2D eigenvalue weighted by Gasteiger charge is 2.50. The normalized spacial score (nSPS) is 13.7. The number of rotatable bonds is 4. The molecule has 0 aliphatic heterocycles. The number of hydrogen-bond donors (Lipinski definition) is 0. The fourth-order valence-electron chi connectivity index (χ4n) is 2.62. The van der Waals surface area contributed by atoms with Crippen molar-refractivity contribution in [3.8, 4) is 0 Å². The second-order valence-corrected chi connectivity index (χ2v) is 6.03. The van der Waals surface area contributed by atoms with Crippen molar-refractivity contribution in [3.63, 3.8) is 0 Å². The van der Waals surface area contributed by atoms with Crippen LogP contribution in [0.3, 0.4) is 0 Å². The Hall–Kier alpha value is -2.68. The lowest BCUT2D eigenvalue weighted by molar-refractivity contribution is -0.386. The lowest BCUT2D eigenvalue weighted by Gasteiger charge is -2.25. The average molecular weight is 406 g/mol. The van der Waals surface area contributed by atoms with Crippen LogP contribution in [0, 0.1) is 17.0 Å². The maximum absolute atomic E-state index is 16.0. The zero-order valence-electron chi connectivity index (χ0n) is 13.9. The molecular weight excluding hydrogens is 394 g/mol. The quantitative estimate of drug-likeness (QED) is 0.312. The Morgan fingerprint density at radius 1 is 1.11 bits per heavy atom. The first-order valence-corrected chi connectivity index (χ1v) is 7.70. The predicted molar refractivity (Wildman–Crippen MR) is 88.2 cm³/mol. The molecule has 0 heterocycles. The maximum atomic E-state index is 16.0. The molecule has 5 nitrogen and oxygen atoms in total. The molecule has 2 aromatic rings. The Kier molecular flexibility index (Phi) is 5.46. The molecule has 2 rings (SSSR count). The number of benzene rings is 2. The van der Waals surface area contributed by atoms with E-state index in [1.807, 2.05) is 0 Å². The number of aryl methyl sites for hydroxylation is 1. The summed E-state index contributed by atoms with van der Waals surface area (Å²) < 4.78 is 59.2. The van der Waals surface area contributed by atoms with E-state index in [0.717, 1.165) is 13.2 Å². The van der Waals surface area contributed by atoms with Crippen LogP contribution < -0.4 is 0 Å². The molecule has 2 aromatic carbocycles. The topological polar surface area (TPSA) is 69.4 Å². The standard InChI is InChI=1S/C17H12ClF4NO4/c1-9-3-5-11(18)8-13(9)16(19,15(24)27-2)12-6-4-10(17(20,21)22)7-14(12)23(25)26/h3-8H,1-2H3. The van der Waals surface area contributed by atoms with Gasteiger partial charge in [0.15, 0.2) is 0 Å². The fraction of sp³-hybridized carbons (Fsp3) is 0.235. The summed E-state index contributed by atoms with van der Waals surface area (Å²) in [5.41, 5.74) is -6.87. The van der Waals surface area contributed by atoms with Crippen molar-refractivity contribution in [2.45, 2.75) is 18.8 Å². The van der Waals surface area contributed by atoms with Crippen LogP contribution in [0.5, 0.6) is 0 Å². The third kappa shape index (κ3) is 3.73. The molecule has 0 amide bonds. The number of alkyl halides is 4. The highest BCUT2D eigenvalue weighted by atomic mass is 35.5. The van der Waals surface area contributed by atoms with Crippen molar-refractivity contribution >= 4 is 23.3 Å². The summed E-state index contributed by atoms with van der Waals surface area (Å²) in [5.74, 6) is -1.53. The average Bonchev–Trinajstić information content (AvgIpc) is 2.61. The van der Waals surface area contributed by atoms with Gasteiger partial charge in [0.25, 0.3) is 11.4 Å². The number of esters is 1. The molecule has 144 valence electrons. The van der Waals surface area contributed by atoms with E-state index in [2.05, 4.69) is 4.74 Å². The van der Waals surface area contributed by atoms with Crippen molar-refractivity contribution in [3.05, 3.63) is 73.8 Å². The molecule has 0 aliphatic carbocycles. The maximum Gasteiger partial charge on any atom is 0.416 e.